The summed E-state index contributed by atoms with van der Waals surface area (Å²) in [6.45, 7) is 1.93. The molecule has 2 N–H and O–H groups in total. The summed E-state index contributed by atoms with van der Waals surface area (Å²) >= 11 is 0. The Morgan fingerprint density at radius 3 is 2.57 bits per heavy atom. The van der Waals surface area contributed by atoms with Crippen LogP contribution in [0, 0.1) is 0 Å². The van der Waals surface area contributed by atoms with Gasteiger partial charge in [0.2, 0.25) is 5.91 Å². The number of allylic oxidation sites excluding steroid dienone is 2. The average Bonchev–Trinajstić information content (AvgIpc) is 2.19. The second kappa shape index (κ2) is 5.22. The molecule has 1 aromatic rings. The number of benzene rings is 1. The lowest BCUT2D eigenvalue weighted by molar-refractivity contribution is -0.119. The molecule has 1 rings (SSSR count). The van der Waals surface area contributed by atoms with Crippen LogP contribution in [0.5, 0.6) is 0 Å². The van der Waals surface area contributed by atoms with Crippen molar-refractivity contribution in [1.82, 2.24) is 0 Å². The van der Waals surface area contributed by atoms with E-state index in [0.29, 0.717) is 6.42 Å². The minimum atomic E-state index is -0.269. The van der Waals surface area contributed by atoms with E-state index in [0.717, 1.165) is 5.56 Å². The number of hydrogen-bond acceptors (Lipinski definition) is 1. The molecule has 0 heterocycles. The molecular formula is C12H15NO. The second-order valence-electron chi connectivity index (χ2n) is 3.17. The molecule has 1 unspecified atom stereocenters. The fourth-order valence-corrected chi connectivity index (χ4v) is 1.37. The van der Waals surface area contributed by atoms with Gasteiger partial charge in [0.1, 0.15) is 0 Å². The predicted octanol–water partition coefficient (Wildman–Crippen LogP) is 2.22. The quantitative estimate of drug-likeness (QED) is 0.725. The van der Waals surface area contributed by atoms with Crippen LogP contribution in [0.15, 0.2) is 42.5 Å². The number of hydrogen-bond donors (Lipinski definition) is 1. The molecule has 1 aromatic carbocycles. The standard InChI is InChI=1S/C12H15NO/c1-2-3-9-11(12(13)14)10-7-5-4-6-8-10/h2-8,11H,9H2,1H3,(H2,13,14). The van der Waals surface area contributed by atoms with E-state index in [4.69, 9.17) is 5.73 Å². The summed E-state index contributed by atoms with van der Waals surface area (Å²) in [6, 6.07) is 9.62. The van der Waals surface area contributed by atoms with E-state index in [1.165, 1.54) is 0 Å². The molecular weight excluding hydrogens is 174 g/mol. The first-order valence-corrected chi connectivity index (χ1v) is 4.71. The molecule has 14 heavy (non-hydrogen) atoms. The molecule has 74 valence electrons. The highest BCUT2D eigenvalue weighted by Gasteiger charge is 2.15. The molecule has 2 nitrogen and oxygen atoms in total. The molecule has 0 aromatic heterocycles. The van der Waals surface area contributed by atoms with Gasteiger partial charge in [-0.3, -0.25) is 4.79 Å². The second-order valence-corrected chi connectivity index (χ2v) is 3.17. The van der Waals surface area contributed by atoms with Crippen molar-refractivity contribution >= 4 is 5.91 Å². The van der Waals surface area contributed by atoms with Crippen LogP contribution in [0.3, 0.4) is 0 Å². The van der Waals surface area contributed by atoms with Gasteiger partial charge in [-0.25, -0.2) is 0 Å². The highest BCUT2D eigenvalue weighted by molar-refractivity contribution is 5.82. The number of carbonyl (C=O) groups excluding carboxylic acids is 1. The smallest absolute Gasteiger partial charge is 0.225 e. The molecule has 2 heteroatoms. The molecule has 0 bridgehead atoms. The van der Waals surface area contributed by atoms with Gasteiger partial charge in [0.05, 0.1) is 5.92 Å². The number of nitrogens with two attached hydrogens (primary N) is 1. The van der Waals surface area contributed by atoms with Crippen LogP contribution in [0.4, 0.5) is 0 Å². The first kappa shape index (κ1) is 10.5. The largest absolute Gasteiger partial charge is 0.369 e. The van der Waals surface area contributed by atoms with Crippen molar-refractivity contribution in [2.24, 2.45) is 5.73 Å². The van der Waals surface area contributed by atoms with E-state index >= 15 is 0 Å². The Hall–Kier alpha value is -1.57. The summed E-state index contributed by atoms with van der Waals surface area (Å²) in [5.74, 6) is -0.471. The summed E-state index contributed by atoms with van der Waals surface area (Å²) in [6.07, 6.45) is 4.57. The lowest BCUT2D eigenvalue weighted by atomic mass is 9.95. The normalized spacial score (nSPS) is 12.9. The molecule has 0 spiro atoms. The van der Waals surface area contributed by atoms with Gasteiger partial charge >= 0.3 is 0 Å². The van der Waals surface area contributed by atoms with Gasteiger partial charge in [-0.1, -0.05) is 42.5 Å². The van der Waals surface area contributed by atoms with Gasteiger partial charge in [0.25, 0.3) is 0 Å². The van der Waals surface area contributed by atoms with E-state index < -0.39 is 0 Å². The molecule has 0 aliphatic rings. The molecule has 0 fully saturated rings. The van der Waals surface area contributed by atoms with Crippen molar-refractivity contribution in [3.8, 4) is 0 Å². The Bertz CT molecular complexity index is 316. The highest BCUT2D eigenvalue weighted by Crippen LogP contribution is 2.19. The van der Waals surface area contributed by atoms with E-state index in [2.05, 4.69) is 0 Å². The highest BCUT2D eigenvalue weighted by atomic mass is 16.1. The Balaban J connectivity index is 2.83. The molecule has 0 radical (unpaired) electrons. The Kier molecular flexibility index (Phi) is 3.92. The van der Waals surface area contributed by atoms with Crippen LogP contribution in [-0.4, -0.2) is 5.91 Å². The fourth-order valence-electron chi connectivity index (χ4n) is 1.37. The first-order chi connectivity index (χ1) is 6.75. The number of carbonyl (C=O) groups is 1. The maximum atomic E-state index is 11.2. The molecule has 0 aliphatic carbocycles. The van der Waals surface area contributed by atoms with Gasteiger partial charge in [-0.15, -0.1) is 0 Å². The first-order valence-electron chi connectivity index (χ1n) is 4.71. The third kappa shape index (κ3) is 2.73. The summed E-state index contributed by atoms with van der Waals surface area (Å²) in [7, 11) is 0. The van der Waals surface area contributed by atoms with Crippen molar-refractivity contribution in [2.75, 3.05) is 0 Å². The van der Waals surface area contributed by atoms with E-state index in [-0.39, 0.29) is 11.8 Å². The predicted molar refractivity (Wildman–Crippen MR) is 57.8 cm³/mol. The fraction of sp³-hybridized carbons (Fsp3) is 0.250. The lowest BCUT2D eigenvalue weighted by Gasteiger charge is -2.10. The van der Waals surface area contributed by atoms with E-state index in [9.17, 15) is 4.79 Å². The zero-order chi connectivity index (χ0) is 10.4. The van der Waals surface area contributed by atoms with Crippen LogP contribution in [0.1, 0.15) is 24.8 Å². The van der Waals surface area contributed by atoms with Crippen LogP contribution in [-0.2, 0) is 4.79 Å². The third-order valence-electron chi connectivity index (χ3n) is 2.15. The monoisotopic (exact) mass is 189 g/mol. The number of rotatable bonds is 4. The van der Waals surface area contributed by atoms with Crippen molar-refractivity contribution in [2.45, 2.75) is 19.3 Å². The maximum absolute atomic E-state index is 11.2. The van der Waals surface area contributed by atoms with E-state index in [1.807, 2.05) is 49.4 Å². The minimum Gasteiger partial charge on any atom is -0.369 e. The molecule has 0 saturated heterocycles. The average molecular weight is 189 g/mol. The van der Waals surface area contributed by atoms with Gasteiger partial charge in [0.15, 0.2) is 0 Å². The van der Waals surface area contributed by atoms with Crippen molar-refractivity contribution in [3.05, 3.63) is 48.0 Å². The summed E-state index contributed by atoms with van der Waals surface area (Å²) in [5.41, 5.74) is 6.32. The molecule has 0 saturated carbocycles. The minimum absolute atomic E-state index is 0.201. The summed E-state index contributed by atoms with van der Waals surface area (Å²) in [5, 5.41) is 0. The van der Waals surface area contributed by atoms with Crippen LogP contribution in [0.25, 0.3) is 0 Å². The van der Waals surface area contributed by atoms with Gasteiger partial charge < -0.3 is 5.73 Å². The molecule has 1 atom stereocenters. The summed E-state index contributed by atoms with van der Waals surface area (Å²) < 4.78 is 0. The van der Waals surface area contributed by atoms with Gasteiger partial charge in [-0.2, -0.15) is 0 Å². The van der Waals surface area contributed by atoms with Crippen LogP contribution >= 0.6 is 0 Å². The van der Waals surface area contributed by atoms with Gasteiger partial charge in [-0.05, 0) is 18.9 Å². The van der Waals surface area contributed by atoms with Crippen molar-refractivity contribution in [1.29, 1.82) is 0 Å². The third-order valence-corrected chi connectivity index (χ3v) is 2.15. The summed E-state index contributed by atoms with van der Waals surface area (Å²) in [4.78, 5) is 11.2. The Morgan fingerprint density at radius 1 is 1.43 bits per heavy atom. The lowest BCUT2D eigenvalue weighted by Crippen LogP contribution is -2.20. The zero-order valence-corrected chi connectivity index (χ0v) is 8.31. The Labute approximate surface area is 84.4 Å². The zero-order valence-electron chi connectivity index (χ0n) is 8.31. The van der Waals surface area contributed by atoms with E-state index in [1.54, 1.807) is 0 Å². The van der Waals surface area contributed by atoms with Crippen LogP contribution in [0.2, 0.25) is 0 Å². The Morgan fingerprint density at radius 2 is 2.07 bits per heavy atom. The maximum Gasteiger partial charge on any atom is 0.225 e. The number of primary amides is 1. The molecule has 0 aliphatic heterocycles. The van der Waals surface area contributed by atoms with Gasteiger partial charge in [0, 0.05) is 0 Å². The number of amides is 1. The van der Waals surface area contributed by atoms with Crippen molar-refractivity contribution in [3.63, 3.8) is 0 Å². The topological polar surface area (TPSA) is 43.1 Å². The van der Waals surface area contributed by atoms with Crippen LogP contribution < -0.4 is 5.73 Å². The van der Waals surface area contributed by atoms with Crippen molar-refractivity contribution < 1.29 is 4.79 Å². The molecule has 1 amide bonds. The SMILES string of the molecule is CC=CCC(C(N)=O)c1ccccc1.